The molecule has 0 saturated heterocycles. The number of hydrogen-bond acceptors (Lipinski definition) is 3. The van der Waals surface area contributed by atoms with Crippen LogP contribution in [0.25, 0.3) is 10.8 Å². The first kappa shape index (κ1) is 16.2. The average Bonchev–Trinajstić information content (AvgIpc) is 2.60. The molecule has 1 amide bonds. The number of carbonyl (C=O) groups excluding carboxylic acids is 1. The van der Waals surface area contributed by atoms with E-state index in [9.17, 15) is 13.2 Å². The maximum absolute atomic E-state index is 12.6. The molecular weight excluding hydrogens is 324 g/mol. The molecule has 0 aromatic heterocycles. The molecule has 0 aliphatic heterocycles. The molecule has 0 fully saturated rings. The van der Waals surface area contributed by atoms with Crippen LogP contribution in [0.1, 0.15) is 11.6 Å². The maximum atomic E-state index is 12.6. The van der Waals surface area contributed by atoms with Crippen molar-refractivity contribution in [2.45, 2.75) is 10.9 Å². The highest BCUT2D eigenvalue weighted by Gasteiger charge is 2.25. The molecule has 3 aromatic carbocycles. The SMILES string of the molecule is NC(=O)[C@@H](NS(=O)(=O)c1ccc2ccccc2c1)c1ccccc1. The number of fused-ring (bicyclic) bond motifs is 1. The van der Waals surface area contributed by atoms with E-state index in [4.69, 9.17) is 5.73 Å². The zero-order valence-electron chi connectivity index (χ0n) is 12.7. The Bertz CT molecular complexity index is 985. The molecule has 24 heavy (non-hydrogen) atoms. The Labute approximate surface area is 140 Å². The van der Waals surface area contributed by atoms with Gasteiger partial charge >= 0.3 is 0 Å². The number of carbonyl (C=O) groups is 1. The quantitative estimate of drug-likeness (QED) is 0.747. The van der Waals surface area contributed by atoms with Gasteiger partial charge in [-0.2, -0.15) is 4.72 Å². The van der Waals surface area contributed by atoms with E-state index in [0.29, 0.717) is 5.56 Å². The van der Waals surface area contributed by atoms with Crippen molar-refractivity contribution in [2.75, 3.05) is 0 Å². The minimum absolute atomic E-state index is 0.0865. The largest absolute Gasteiger partial charge is 0.368 e. The van der Waals surface area contributed by atoms with Crippen LogP contribution < -0.4 is 10.5 Å². The van der Waals surface area contributed by atoms with E-state index in [-0.39, 0.29) is 4.90 Å². The molecule has 0 heterocycles. The van der Waals surface area contributed by atoms with Crippen LogP contribution in [0.3, 0.4) is 0 Å². The normalized spacial score (nSPS) is 12.8. The van der Waals surface area contributed by atoms with Crippen molar-refractivity contribution in [1.29, 1.82) is 0 Å². The van der Waals surface area contributed by atoms with Crippen molar-refractivity contribution in [3.05, 3.63) is 78.4 Å². The van der Waals surface area contributed by atoms with Gasteiger partial charge in [0.1, 0.15) is 6.04 Å². The first-order valence-corrected chi connectivity index (χ1v) is 8.81. The maximum Gasteiger partial charge on any atom is 0.241 e. The number of hydrogen-bond donors (Lipinski definition) is 2. The summed E-state index contributed by atoms with van der Waals surface area (Å²) in [5, 5.41) is 1.74. The number of amides is 1. The standard InChI is InChI=1S/C18H16N2O3S/c19-18(21)17(14-7-2-1-3-8-14)20-24(22,23)16-11-10-13-6-4-5-9-15(13)12-16/h1-12,17,20H,(H2,19,21)/t17-/m0/s1. The minimum atomic E-state index is -3.89. The monoisotopic (exact) mass is 340 g/mol. The first-order valence-electron chi connectivity index (χ1n) is 7.33. The summed E-state index contributed by atoms with van der Waals surface area (Å²) in [6.45, 7) is 0. The lowest BCUT2D eigenvalue weighted by Crippen LogP contribution is -2.37. The van der Waals surface area contributed by atoms with E-state index in [1.54, 1.807) is 42.5 Å². The molecule has 1 atom stereocenters. The lowest BCUT2D eigenvalue weighted by molar-refractivity contribution is -0.119. The van der Waals surface area contributed by atoms with E-state index in [2.05, 4.69) is 4.72 Å². The van der Waals surface area contributed by atoms with Gasteiger partial charge in [-0.05, 0) is 28.5 Å². The fourth-order valence-corrected chi connectivity index (χ4v) is 3.72. The molecule has 0 unspecified atom stereocenters. The summed E-state index contributed by atoms with van der Waals surface area (Å²) >= 11 is 0. The number of sulfonamides is 1. The molecule has 0 aliphatic rings. The van der Waals surface area contributed by atoms with E-state index in [1.807, 2.05) is 24.3 Å². The van der Waals surface area contributed by atoms with Gasteiger partial charge in [0, 0.05) is 0 Å². The Balaban J connectivity index is 1.97. The Morgan fingerprint density at radius 3 is 2.17 bits per heavy atom. The molecule has 0 bridgehead atoms. The van der Waals surface area contributed by atoms with Gasteiger partial charge in [-0.25, -0.2) is 8.42 Å². The predicted molar refractivity (Wildman–Crippen MR) is 92.6 cm³/mol. The minimum Gasteiger partial charge on any atom is -0.368 e. The third-order valence-corrected chi connectivity index (χ3v) is 5.14. The molecule has 0 aliphatic carbocycles. The highest BCUT2D eigenvalue weighted by Crippen LogP contribution is 2.21. The summed E-state index contributed by atoms with van der Waals surface area (Å²) in [7, 11) is -3.89. The molecule has 0 radical (unpaired) electrons. The zero-order chi connectivity index (χ0) is 17.2. The lowest BCUT2D eigenvalue weighted by atomic mass is 10.1. The van der Waals surface area contributed by atoms with Gasteiger partial charge in [-0.1, -0.05) is 60.7 Å². The highest BCUT2D eigenvalue weighted by atomic mass is 32.2. The Morgan fingerprint density at radius 2 is 1.50 bits per heavy atom. The molecule has 122 valence electrons. The van der Waals surface area contributed by atoms with Crippen LogP contribution in [0, 0.1) is 0 Å². The smallest absolute Gasteiger partial charge is 0.241 e. The van der Waals surface area contributed by atoms with Gasteiger partial charge in [0.2, 0.25) is 15.9 Å². The third-order valence-electron chi connectivity index (χ3n) is 3.72. The van der Waals surface area contributed by atoms with Crippen LogP contribution in [0.5, 0.6) is 0 Å². The second-order valence-electron chi connectivity index (χ2n) is 5.38. The topological polar surface area (TPSA) is 89.3 Å². The van der Waals surface area contributed by atoms with Crippen LogP contribution in [-0.2, 0) is 14.8 Å². The fourth-order valence-electron chi connectivity index (χ4n) is 2.49. The Morgan fingerprint density at radius 1 is 0.875 bits per heavy atom. The Hall–Kier alpha value is -2.70. The van der Waals surface area contributed by atoms with Crippen molar-refractivity contribution in [1.82, 2.24) is 4.72 Å². The summed E-state index contributed by atoms with van der Waals surface area (Å²) in [4.78, 5) is 11.8. The molecule has 5 nitrogen and oxygen atoms in total. The number of primary amides is 1. The summed E-state index contributed by atoms with van der Waals surface area (Å²) < 4.78 is 27.7. The van der Waals surface area contributed by atoms with Gasteiger partial charge in [0.15, 0.2) is 0 Å². The molecule has 0 saturated carbocycles. The molecule has 3 N–H and O–H groups in total. The van der Waals surface area contributed by atoms with Crippen molar-refractivity contribution in [3.63, 3.8) is 0 Å². The van der Waals surface area contributed by atoms with E-state index in [0.717, 1.165) is 10.8 Å². The summed E-state index contributed by atoms with van der Waals surface area (Å²) in [5.41, 5.74) is 5.87. The lowest BCUT2D eigenvalue weighted by Gasteiger charge is -2.16. The van der Waals surface area contributed by atoms with Gasteiger partial charge in [-0.3, -0.25) is 4.79 Å². The van der Waals surface area contributed by atoms with Gasteiger partial charge in [-0.15, -0.1) is 0 Å². The predicted octanol–water partition coefficient (Wildman–Crippen LogP) is 2.34. The van der Waals surface area contributed by atoms with Crippen LogP contribution in [0.4, 0.5) is 0 Å². The summed E-state index contributed by atoms with van der Waals surface area (Å²) in [6, 6.07) is 19.6. The van der Waals surface area contributed by atoms with Crippen LogP contribution in [0.15, 0.2) is 77.7 Å². The number of nitrogens with one attached hydrogen (secondary N) is 1. The van der Waals surface area contributed by atoms with E-state index in [1.165, 1.54) is 6.07 Å². The molecular formula is C18H16N2O3S. The second kappa shape index (κ2) is 6.43. The van der Waals surface area contributed by atoms with Crippen LogP contribution in [-0.4, -0.2) is 14.3 Å². The van der Waals surface area contributed by atoms with Crippen LogP contribution >= 0.6 is 0 Å². The number of nitrogens with two attached hydrogens (primary N) is 1. The fraction of sp³-hybridized carbons (Fsp3) is 0.0556. The molecule has 0 spiro atoms. The first-order chi connectivity index (χ1) is 11.5. The number of benzene rings is 3. The highest BCUT2D eigenvalue weighted by molar-refractivity contribution is 7.89. The van der Waals surface area contributed by atoms with Gasteiger partial charge in [0.05, 0.1) is 4.90 Å². The molecule has 3 rings (SSSR count). The van der Waals surface area contributed by atoms with Gasteiger partial charge in [0.25, 0.3) is 0 Å². The van der Waals surface area contributed by atoms with Gasteiger partial charge < -0.3 is 5.73 Å². The van der Waals surface area contributed by atoms with Crippen molar-refractivity contribution in [2.24, 2.45) is 5.73 Å². The summed E-state index contributed by atoms with van der Waals surface area (Å²) in [6.07, 6.45) is 0. The molecule has 6 heteroatoms. The number of rotatable bonds is 5. The Kier molecular flexibility index (Phi) is 4.33. The molecule has 3 aromatic rings. The third kappa shape index (κ3) is 3.29. The van der Waals surface area contributed by atoms with Crippen molar-refractivity contribution in [3.8, 4) is 0 Å². The average molecular weight is 340 g/mol. The second-order valence-corrected chi connectivity index (χ2v) is 7.09. The summed E-state index contributed by atoms with van der Waals surface area (Å²) in [5.74, 6) is -0.759. The van der Waals surface area contributed by atoms with Crippen molar-refractivity contribution < 1.29 is 13.2 Å². The van der Waals surface area contributed by atoms with E-state index >= 15 is 0 Å². The van der Waals surface area contributed by atoms with Crippen molar-refractivity contribution >= 4 is 26.7 Å². The zero-order valence-corrected chi connectivity index (χ0v) is 13.5. The van der Waals surface area contributed by atoms with E-state index < -0.39 is 22.0 Å². The van der Waals surface area contributed by atoms with Crippen LogP contribution in [0.2, 0.25) is 0 Å².